The largest absolute Gasteiger partial charge is 1.00 e. The molecule has 0 aliphatic carbocycles. The van der Waals surface area contributed by atoms with Crippen molar-refractivity contribution < 1.29 is 61.6 Å². The summed E-state index contributed by atoms with van der Waals surface area (Å²) in [6.07, 6.45) is 11.3. The van der Waals surface area contributed by atoms with Gasteiger partial charge in [-0.2, -0.15) is 8.42 Å². The van der Waals surface area contributed by atoms with E-state index < -0.39 is 33.7 Å². The van der Waals surface area contributed by atoms with Gasteiger partial charge in [-0.25, -0.2) is 0 Å². The van der Waals surface area contributed by atoms with Gasteiger partial charge >= 0.3 is 41.5 Å². The number of ether oxygens (including phenoxy) is 2. The molecule has 1 N–H and O–H groups in total. The molecule has 0 amide bonds. The first-order valence-electron chi connectivity index (χ1n) is 10.6. The fraction of sp³-hybridized carbons (Fsp3) is 0.900. The monoisotopic (exact) mass is 445 g/mol. The van der Waals surface area contributed by atoms with E-state index in [1.807, 2.05) is 0 Å². The van der Waals surface area contributed by atoms with Crippen LogP contribution in [0.2, 0.25) is 0 Å². The molecule has 7 nitrogen and oxygen atoms in total. The quantitative estimate of drug-likeness (QED) is 0.147. The van der Waals surface area contributed by atoms with Crippen molar-refractivity contribution in [1.82, 2.24) is 0 Å². The van der Waals surface area contributed by atoms with Crippen LogP contribution in [0.3, 0.4) is 0 Å². The summed E-state index contributed by atoms with van der Waals surface area (Å²) in [6.45, 7) is 4.50. The second kappa shape index (κ2) is 19.8. The Hall–Kier alpha value is -0.150. The van der Waals surface area contributed by atoms with Gasteiger partial charge in [0, 0.05) is 0 Å². The molecule has 1 unspecified atom stereocenters. The summed E-state index contributed by atoms with van der Waals surface area (Å²) >= 11 is 0. The molecule has 0 aromatic carbocycles. The van der Waals surface area contributed by atoms with Crippen molar-refractivity contribution in [3.63, 3.8) is 0 Å². The molecular formula is C20H38NaO7S+. The minimum absolute atomic E-state index is 0. The Morgan fingerprint density at radius 1 is 0.759 bits per heavy atom. The zero-order valence-electron chi connectivity index (χ0n) is 18.5. The van der Waals surface area contributed by atoms with Crippen LogP contribution in [-0.2, 0) is 29.2 Å². The van der Waals surface area contributed by atoms with Gasteiger partial charge in [-0.1, -0.05) is 78.1 Å². The first kappa shape index (κ1) is 31.0. The number of rotatable bonds is 18. The maximum absolute atomic E-state index is 12.0. The van der Waals surface area contributed by atoms with Gasteiger partial charge < -0.3 is 9.47 Å². The normalized spacial score (nSPS) is 12.1. The predicted molar refractivity (Wildman–Crippen MR) is 109 cm³/mol. The third kappa shape index (κ3) is 18.3. The van der Waals surface area contributed by atoms with Gasteiger partial charge in [0.25, 0.3) is 10.1 Å². The van der Waals surface area contributed by atoms with E-state index in [-0.39, 0.29) is 42.8 Å². The molecule has 0 heterocycles. The zero-order chi connectivity index (χ0) is 21.3. The van der Waals surface area contributed by atoms with E-state index in [1.54, 1.807) is 0 Å². The number of hydrogen-bond donors (Lipinski definition) is 1. The zero-order valence-corrected chi connectivity index (χ0v) is 21.3. The summed E-state index contributed by atoms with van der Waals surface area (Å²) in [5.41, 5.74) is 0. The van der Waals surface area contributed by atoms with Crippen LogP contribution in [0.4, 0.5) is 0 Å². The Labute approximate surface area is 198 Å². The van der Waals surface area contributed by atoms with Crippen molar-refractivity contribution >= 4 is 22.1 Å². The molecule has 0 aromatic heterocycles. The summed E-state index contributed by atoms with van der Waals surface area (Å²) in [5.74, 6) is -1.93. The Morgan fingerprint density at radius 3 is 1.62 bits per heavy atom. The topological polar surface area (TPSA) is 107 Å². The van der Waals surface area contributed by atoms with E-state index in [2.05, 4.69) is 13.8 Å². The average Bonchev–Trinajstić information content (AvgIpc) is 2.63. The second-order valence-corrected chi connectivity index (χ2v) is 8.73. The van der Waals surface area contributed by atoms with E-state index in [4.69, 9.17) is 9.47 Å². The summed E-state index contributed by atoms with van der Waals surface area (Å²) < 4.78 is 42.0. The number of unbranched alkanes of at least 4 members (excludes halogenated alkanes) is 10. The van der Waals surface area contributed by atoms with E-state index in [9.17, 15) is 22.6 Å². The van der Waals surface area contributed by atoms with Gasteiger partial charge in [-0.3, -0.25) is 14.1 Å². The predicted octanol–water partition coefficient (Wildman–Crippen LogP) is 1.44. The summed E-state index contributed by atoms with van der Waals surface area (Å²) in [4.78, 5) is 23.8. The van der Waals surface area contributed by atoms with Crippen LogP contribution in [0.1, 0.15) is 97.3 Å². The number of carbonyl (C=O) groups excluding carboxylic acids is 2. The molecule has 0 aliphatic rings. The molecule has 0 spiro atoms. The molecular weight excluding hydrogens is 407 g/mol. The number of hydrogen-bond acceptors (Lipinski definition) is 6. The molecule has 1 atom stereocenters. The first-order valence-corrected chi connectivity index (χ1v) is 12.1. The van der Waals surface area contributed by atoms with Crippen LogP contribution in [0.25, 0.3) is 0 Å². The Bertz CT molecular complexity index is 523. The summed E-state index contributed by atoms with van der Waals surface area (Å²) in [7, 11) is -4.73. The van der Waals surface area contributed by atoms with Crippen LogP contribution < -0.4 is 29.6 Å². The first-order chi connectivity index (χ1) is 13.3. The molecule has 29 heavy (non-hydrogen) atoms. The van der Waals surface area contributed by atoms with E-state index >= 15 is 0 Å². The van der Waals surface area contributed by atoms with Gasteiger partial charge in [-0.05, 0) is 12.8 Å². The third-order valence-electron chi connectivity index (χ3n) is 4.48. The smallest absolute Gasteiger partial charge is 0.466 e. The minimum Gasteiger partial charge on any atom is -0.466 e. The molecule has 0 aliphatic heterocycles. The molecule has 0 saturated carbocycles. The van der Waals surface area contributed by atoms with Crippen LogP contribution in [0.5, 0.6) is 0 Å². The fourth-order valence-electron chi connectivity index (χ4n) is 2.74. The Morgan fingerprint density at radius 2 is 1.17 bits per heavy atom. The van der Waals surface area contributed by atoms with E-state index in [0.29, 0.717) is 12.8 Å². The minimum atomic E-state index is -4.73. The Kier molecular flexibility index (Phi) is 21.2. The van der Waals surface area contributed by atoms with Crippen molar-refractivity contribution in [3.05, 3.63) is 0 Å². The maximum Gasteiger partial charge on any atom is 1.00 e. The van der Waals surface area contributed by atoms with Gasteiger partial charge in [0.2, 0.25) is 0 Å². The maximum atomic E-state index is 12.0. The van der Waals surface area contributed by atoms with Crippen molar-refractivity contribution in [2.24, 2.45) is 0 Å². The van der Waals surface area contributed by atoms with Crippen molar-refractivity contribution in [1.29, 1.82) is 0 Å². The van der Waals surface area contributed by atoms with Crippen LogP contribution in [0, 0.1) is 0 Å². The second-order valence-electron chi connectivity index (χ2n) is 7.13. The number of carbonyl (C=O) groups is 2. The molecule has 0 aromatic rings. The van der Waals surface area contributed by atoms with Crippen LogP contribution >= 0.6 is 0 Å². The van der Waals surface area contributed by atoms with Gasteiger partial charge in [-0.15, -0.1) is 0 Å². The van der Waals surface area contributed by atoms with Crippen molar-refractivity contribution in [2.75, 3.05) is 13.2 Å². The standard InChI is InChI=1S/C20H38O7S.Na/c1-3-5-7-9-11-13-15-26-19(21)17-18(28(23,24)25)20(22)27-16-14-12-10-8-6-4-2;/h18H,3-17H2,1-2H3,(H,23,24,25);/q;+1. The van der Waals surface area contributed by atoms with E-state index in [0.717, 1.165) is 57.8 Å². The van der Waals surface area contributed by atoms with Crippen LogP contribution in [-0.4, -0.2) is 43.4 Å². The molecule has 9 heteroatoms. The molecule has 0 saturated heterocycles. The van der Waals surface area contributed by atoms with Gasteiger partial charge in [0.05, 0.1) is 19.6 Å². The van der Waals surface area contributed by atoms with E-state index in [1.165, 1.54) is 6.42 Å². The molecule has 166 valence electrons. The fourth-order valence-corrected chi connectivity index (χ4v) is 3.39. The third-order valence-corrected chi connectivity index (χ3v) is 5.56. The summed E-state index contributed by atoms with van der Waals surface area (Å²) in [6, 6.07) is 0. The SMILES string of the molecule is CCCCCCCCOC(=O)CC(C(=O)OCCCCCCCC)S(=O)(=O)O.[Na+]. The Balaban J connectivity index is 0. The molecule has 0 fully saturated rings. The number of esters is 2. The average molecular weight is 446 g/mol. The molecule has 0 rings (SSSR count). The van der Waals surface area contributed by atoms with Crippen LogP contribution in [0.15, 0.2) is 0 Å². The molecule has 0 radical (unpaired) electrons. The van der Waals surface area contributed by atoms with Gasteiger partial charge in [0.1, 0.15) is 0 Å². The van der Waals surface area contributed by atoms with Crippen molar-refractivity contribution in [2.45, 2.75) is 103 Å². The van der Waals surface area contributed by atoms with Gasteiger partial charge in [0.15, 0.2) is 5.25 Å². The molecule has 0 bridgehead atoms. The van der Waals surface area contributed by atoms with Crippen molar-refractivity contribution in [3.8, 4) is 0 Å². The summed E-state index contributed by atoms with van der Waals surface area (Å²) in [5, 5.41) is -1.93.